The summed E-state index contributed by atoms with van der Waals surface area (Å²) in [6.45, 7) is 0. The molecule has 4 unspecified atom stereocenters. The summed E-state index contributed by atoms with van der Waals surface area (Å²) in [5.74, 6) is 0.674. The predicted octanol–water partition coefficient (Wildman–Crippen LogP) is 7.43. The third-order valence-electron chi connectivity index (χ3n) is 7.45. The Labute approximate surface area is 194 Å². The Morgan fingerprint density at radius 2 is 0.848 bits per heavy atom. The van der Waals surface area contributed by atoms with Crippen molar-refractivity contribution in [1.29, 1.82) is 0 Å². The van der Waals surface area contributed by atoms with Gasteiger partial charge in [-0.25, -0.2) is 0 Å². The number of ether oxygens (including phenoxy) is 1. The predicted molar refractivity (Wildman–Crippen MR) is 136 cm³/mol. The summed E-state index contributed by atoms with van der Waals surface area (Å²) in [4.78, 5) is 0. The van der Waals surface area contributed by atoms with Gasteiger partial charge >= 0.3 is 0 Å². The first kappa shape index (κ1) is 18.8. The molecular weight excluding hydrogens is 400 g/mol. The maximum atomic E-state index is 7.01. The summed E-state index contributed by atoms with van der Waals surface area (Å²) in [6.07, 6.45) is 4.81. The lowest BCUT2D eigenvalue weighted by molar-refractivity contribution is 0.110. The van der Waals surface area contributed by atoms with Gasteiger partial charge in [-0.3, -0.25) is 0 Å². The van der Waals surface area contributed by atoms with Crippen LogP contribution in [0.15, 0.2) is 109 Å². The minimum atomic E-state index is 0.0742. The standard InChI is InChI=1S/C32H24O/c1-3-11-21(12-4-1)19-27-23-15-7-9-17-25(23)29-30-26-18-10-8-16-24(26)28(32(30)33-31(27)29)20-22-13-5-2-6-14-22/h1-20,29-32H/b27-19-,28-20-. The molecule has 2 aliphatic carbocycles. The van der Waals surface area contributed by atoms with E-state index in [1.807, 2.05) is 0 Å². The van der Waals surface area contributed by atoms with E-state index in [4.69, 9.17) is 4.74 Å². The van der Waals surface area contributed by atoms with Gasteiger partial charge in [-0.15, -0.1) is 0 Å². The number of rotatable bonds is 2. The van der Waals surface area contributed by atoms with Crippen LogP contribution < -0.4 is 0 Å². The first-order chi connectivity index (χ1) is 16.4. The third kappa shape index (κ3) is 2.90. The van der Waals surface area contributed by atoms with Crippen molar-refractivity contribution in [3.05, 3.63) is 143 Å². The molecule has 0 amide bonds. The minimum absolute atomic E-state index is 0.0742. The molecule has 4 atom stereocenters. The van der Waals surface area contributed by atoms with Crippen LogP contribution in [0.3, 0.4) is 0 Å². The third-order valence-corrected chi connectivity index (χ3v) is 7.45. The fourth-order valence-electron chi connectivity index (χ4n) is 6.14. The number of fused-ring (bicyclic) bond motifs is 7. The van der Waals surface area contributed by atoms with Gasteiger partial charge in [0, 0.05) is 11.8 Å². The largest absolute Gasteiger partial charge is 0.364 e. The number of hydrogen-bond acceptors (Lipinski definition) is 1. The van der Waals surface area contributed by atoms with Crippen LogP contribution in [-0.2, 0) is 4.74 Å². The molecule has 0 radical (unpaired) electrons. The fraction of sp³-hybridized carbons (Fsp3) is 0.125. The summed E-state index contributed by atoms with van der Waals surface area (Å²) in [5, 5.41) is 0. The highest BCUT2D eigenvalue weighted by Crippen LogP contribution is 2.62. The van der Waals surface area contributed by atoms with Crippen LogP contribution in [0.25, 0.3) is 23.3 Å². The molecule has 158 valence electrons. The van der Waals surface area contributed by atoms with E-state index < -0.39 is 0 Å². The molecule has 33 heavy (non-hydrogen) atoms. The van der Waals surface area contributed by atoms with Crippen molar-refractivity contribution < 1.29 is 4.74 Å². The highest BCUT2D eigenvalue weighted by molar-refractivity contribution is 5.94. The van der Waals surface area contributed by atoms with Gasteiger partial charge < -0.3 is 4.74 Å². The van der Waals surface area contributed by atoms with Crippen molar-refractivity contribution in [2.45, 2.75) is 24.0 Å². The Hall–Kier alpha value is -3.68. The van der Waals surface area contributed by atoms with Gasteiger partial charge in [-0.1, -0.05) is 109 Å². The smallest absolute Gasteiger partial charge is 0.0915 e. The van der Waals surface area contributed by atoms with Crippen LogP contribution >= 0.6 is 0 Å². The van der Waals surface area contributed by atoms with Crippen molar-refractivity contribution in [3.63, 3.8) is 0 Å². The molecule has 1 nitrogen and oxygen atoms in total. The van der Waals surface area contributed by atoms with E-state index in [0.717, 1.165) is 0 Å². The molecule has 0 aromatic heterocycles. The normalized spacial score (nSPS) is 26.8. The molecule has 3 aliphatic rings. The van der Waals surface area contributed by atoms with Gasteiger partial charge in [0.2, 0.25) is 0 Å². The second-order valence-electron chi connectivity index (χ2n) is 9.22. The van der Waals surface area contributed by atoms with Gasteiger partial charge in [-0.2, -0.15) is 0 Å². The number of hydrogen-bond donors (Lipinski definition) is 0. The van der Waals surface area contributed by atoms with Gasteiger partial charge in [0.05, 0.1) is 12.2 Å². The van der Waals surface area contributed by atoms with E-state index in [0.29, 0.717) is 11.8 Å². The first-order valence-corrected chi connectivity index (χ1v) is 11.8. The molecule has 0 N–H and O–H groups in total. The van der Waals surface area contributed by atoms with Crippen molar-refractivity contribution >= 4 is 23.3 Å². The van der Waals surface area contributed by atoms with Gasteiger partial charge in [-0.05, 0) is 56.7 Å². The topological polar surface area (TPSA) is 9.23 Å². The molecule has 1 aliphatic heterocycles. The van der Waals surface area contributed by atoms with Crippen LogP contribution in [0.5, 0.6) is 0 Å². The lowest BCUT2D eigenvalue weighted by Crippen LogP contribution is -2.12. The van der Waals surface area contributed by atoms with Crippen molar-refractivity contribution in [2.24, 2.45) is 0 Å². The molecule has 1 heterocycles. The van der Waals surface area contributed by atoms with E-state index in [9.17, 15) is 0 Å². The molecule has 4 aromatic carbocycles. The summed E-state index contributed by atoms with van der Waals surface area (Å²) < 4.78 is 7.01. The molecule has 7 rings (SSSR count). The Balaban J connectivity index is 1.40. The van der Waals surface area contributed by atoms with E-state index >= 15 is 0 Å². The molecule has 0 saturated carbocycles. The van der Waals surface area contributed by atoms with E-state index in [2.05, 4.69) is 121 Å². The molecule has 0 spiro atoms. The summed E-state index contributed by atoms with van der Waals surface area (Å²) >= 11 is 0. The van der Waals surface area contributed by atoms with Crippen LogP contribution in [-0.4, -0.2) is 12.2 Å². The highest BCUT2D eigenvalue weighted by Gasteiger charge is 2.56. The minimum Gasteiger partial charge on any atom is -0.364 e. The van der Waals surface area contributed by atoms with E-state index in [1.54, 1.807) is 0 Å². The second kappa shape index (κ2) is 7.43. The zero-order chi connectivity index (χ0) is 21.8. The molecule has 0 bridgehead atoms. The van der Waals surface area contributed by atoms with Gasteiger partial charge in [0.1, 0.15) is 0 Å². The zero-order valence-electron chi connectivity index (χ0n) is 18.3. The lowest BCUT2D eigenvalue weighted by atomic mass is 9.83. The second-order valence-corrected chi connectivity index (χ2v) is 9.22. The summed E-state index contributed by atoms with van der Waals surface area (Å²) in [6, 6.07) is 39.1. The van der Waals surface area contributed by atoms with Gasteiger partial charge in [0.15, 0.2) is 0 Å². The molecule has 1 heteroatoms. The first-order valence-electron chi connectivity index (χ1n) is 11.8. The van der Waals surface area contributed by atoms with Crippen LogP contribution in [0.4, 0.5) is 0 Å². The van der Waals surface area contributed by atoms with Gasteiger partial charge in [0.25, 0.3) is 0 Å². The Morgan fingerprint density at radius 1 is 0.455 bits per heavy atom. The van der Waals surface area contributed by atoms with Crippen LogP contribution in [0.1, 0.15) is 45.2 Å². The van der Waals surface area contributed by atoms with E-state index in [1.165, 1.54) is 44.5 Å². The Bertz CT molecular complexity index is 1290. The quantitative estimate of drug-likeness (QED) is 0.325. The van der Waals surface area contributed by atoms with Crippen molar-refractivity contribution in [2.75, 3.05) is 0 Å². The summed E-state index contributed by atoms with van der Waals surface area (Å²) in [5.41, 5.74) is 10.6. The monoisotopic (exact) mass is 424 g/mol. The maximum absolute atomic E-state index is 7.01. The van der Waals surface area contributed by atoms with E-state index in [-0.39, 0.29) is 12.2 Å². The Morgan fingerprint density at radius 3 is 1.30 bits per heavy atom. The maximum Gasteiger partial charge on any atom is 0.0915 e. The van der Waals surface area contributed by atoms with Crippen LogP contribution in [0, 0.1) is 0 Å². The highest BCUT2D eigenvalue weighted by atomic mass is 16.5. The van der Waals surface area contributed by atoms with Crippen molar-refractivity contribution in [3.8, 4) is 0 Å². The lowest BCUT2D eigenvalue weighted by Gasteiger charge is -2.17. The SMILES string of the molecule is C(=C1\c2ccccc2C2C1OC1/C(=C\c3ccccc3)c3ccccc3C12)/c1ccccc1. The molecular formula is C32H24O. The average molecular weight is 425 g/mol. The zero-order valence-corrected chi connectivity index (χ0v) is 18.3. The summed E-state index contributed by atoms with van der Waals surface area (Å²) in [7, 11) is 0. The average Bonchev–Trinajstić information content (AvgIpc) is 3.49. The number of benzene rings is 4. The van der Waals surface area contributed by atoms with Crippen LogP contribution in [0.2, 0.25) is 0 Å². The Kier molecular flexibility index (Phi) is 4.25. The fourth-order valence-corrected chi connectivity index (χ4v) is 6.14. The molecule has 4 aromatic rings. The molecule has 1 saturated heterocycles. The molecule has 1 fully saturated rings. The van der Waals surface area contributed by atoms with Crippen molar-refractivity contribution in [1.82, 2.24) is 0 Å².